The van der Waals surface area contributed by atoms with Crippen molar-refractivity contribution in [3.05, 3.63) is 32.6 Å². The molecule has 1 saturated heterocycles. The second kappa shape index (κ2) is 4.59. The minimum Gasteiger partial charge on any atom is -0.394 e. The maximum atomic E-state index is 11.9. The normalized spacial score (nSPS) is 34.7. The fourth-order valence-corrected chi connectivity index (χ4v) is 2.35. The molecule has 2 rings (SSSR count). The van der Waals surface area contributed by atoms with Gasteiger partial charge in [0.15, 0.2) is 0 Å². The maximum absolute atomic E-state index is 11.9. The third-order valence-electron chi connectivity index (χ3n) is 3.99. The van der Waals surface area contributed by atoms with Crippen molar-refractivity contribution in [2.24, 2.45) is 11.7 Å². The molecule has 1 aliphatic heterocycles. The first-order valence-electron chi connectivity index (χ1n) is 6.16. The molecule has 0 aromatic carbocycles. The fraction of sp³-hybridized carbons (Fsp3) is 0.667. The van der Waals surface area contributed by atoms with Crippen molar-refractivity contribution in [1.82, 2.24) is 9.55 Å². The van der Waals surface area contributed by atoms with Crippen LogP contribution in [-0.4, -0.2) is 32.9 Å². The third kappa shape index (κ3) is 2.13. The number of rotatable bonds is 2. The topological polar surface area (TPSA) is 110 Å². The molecule has 7 nitrogen and oxygen atoms in total. The number of aliphatic hydroxyl groups is 1. The Hall–Kier alpha value is -1.44. The molecule has 2 heterocycles. The van der Waals surface area contributed by atoms with Crippen LogP contribution in [0.2, 0.25) is 0 Å². The first kappa shape index (κ1) is 14.0. The largest absolute Gasteiger partial charge is 0.394 e. The van der Waals surface area contributed by atoms with Crippen LogP contribution in [0.25, 0.3) is 0 Å². The van der Waals surface area contributed by atoms with Crippen LogP contribution in [0.1, 0.15) is 25.6 Å². The van der Waals surface area contributed by atoms with E-state index in [1.807, 2.05) is 6.92 Å². The molecule has 1 aliphatic rings. The summed E-state index contributed by atoms with van der Waals surface area (Å²) in [4.78, 5) is 25.5. The van der Waals surface area contributed by atoms with Crippen LogP contribution < -0.4 is 17.0 Å². The zero-order valence-electron chi connectivity index (χ0n) is 11.2. The summed E-state index contributed by atoms with van der Waals surface area (Å²) in [6, 6.07) is 0. The van der Waals surface area contributed by atoms with E-state index in [1.165, 1.54) is 10.8 Å². The van der Waals surface area contributed by atoms with Gasteiger partial charge in [-0.1, -0.05) is 6.92 Å². The molecule has 0 saturated carbocycles. The average Bonchev–Trinajstić information content (AvgIpc) is 2.56. The van der Waals surface area contributed by atoms with E-state index in [0.717, 1.165) is 0 Å². The summed E-state index contributed by atoms with van der Waals surface area (Å²) in [5, 5.41) is 9.30. The Morgan fingerprint density at radius 2 is 2.21 bits per heavy atom. The molecule has 7 heteroatoms. The number of nitrogens with one attached hydrogen (secondary N) is 1. The number of H-pyrrole nitrogens is 1. The summed E-state index contributed by atoms with van der Waals surface area (Å²) >= 11 is 0. The van der Waals surface area contributed by atoms with Gasteiger partial charge >= 0.3 is 5.69 Å². The Morgan fingerprint density at radius 3 is 2.74 bits per heavy atom. The summed E-state index contributed by atoms with van der Waals surface area (Å²) in [6.07, 6.45) is 0.305. The van der Waals surface area contributed by atoms with Crippen molar-refractivity contribution in [2.75, 3.05) is 6.61 Å². The minimum absolute atomic E-state index is 0.187. The average molecular weight is 269 g/mol. The number of aliphatic hydroxyl groups excluding tert-OH is 1. The number of ether oxygens (including phenoxy) is 1. The van der Waals surface area contributed by atoms with Crippen molar-refractivity contribution in [1.29, 1.82) is 0 Å². The second-order valence-electron chi connectivity index (χ2n) is 5.33. The maximum Gasteiger partial charge on any atom is 0.330 e. The number of aromatic amines is 1. The molecule has 1 fully saturated rings. The zero-order valence-corrected chi connectivity index (χ0v) is 11.2. The summed E-state index contributed by atoms with van der Waals surface area (Å²) < 4.78 is 6.99. The number of hydrogen-bond acceptors (Lipinski definition) is 5. The Labute approximate surface area is 110 Å². The van der Waals surface area contributed by atoms with E-state index < -0.39 is 29.1 Å². The molecule has 0 spiro atoms. The van der Waals surface area contributed by atoms with E-state index in [2.05, 4.69) is 4.98 Å². The molecule has 1 aromatic rings. The van der Waals surface area contributed by atoms with Gasteiger partial charge in [0, 0.05) is 23.2 Å². The van der Waals surface area contributed by atoms with E-state index >= 15 is 0 Å². The molecule has 106 valence electrons. The highest BCUT2D eigenvalue weighted by molar-refractivity contribution is 5.05. The van der Waals surface area contributed by atoms with Gasteiger partial charge < -0.3 is 15.6 Å². The van der Waals surface area contributed by atoms with Gasteiger partial charge in [-0.15, -0.1) is 0 Å². The lowest BCUT2D eigenvalue weighted by Gasteiger charge is -2.27. The molecule has 0 unspecified atom stereocenters. The van der Waals surface area contributed by atoms with E-state index in [1.54, 1.807) is 13.8 Å². The van der Waals surface area contributed by atoms with Crippen LogP contribution >= 0.6 is 0 Å². The molecule has 1 aromatic heterocycles. The summed E-state index contributed by atoms with van der Waals surface area (Å²) in [7, 11) is 0. The molecule has 0 bridgehead atoms. The lowest BCUT2D eigenvalue weighted by Crippen LogP contribution is -2.50. The summed E-state index contributed by atoms with van der Waals surface area (Å²) in [5.41, 5.74) is 4.86. The number of aromatic nitrogens is 2. The lowest BCUT2D eigenvalue weighted by molar-refractivity contribution is -0.0396. The van der Waals surface area contributed by atoms with Gasteiger partial charge in [-0.2, -0.15) is 0 Å². The molecule has 4 N–H and O–H groups in total. The first-order chi connectivity index (χ1) is 8.78. The Balaban J connectivity index is 2.47. The number of nitrogens with two attached hydrogens (primary N) is 1. The molecule has 4 atom stereocenters. The van der Waals surface area contributed by atoms with Gasteiger partial charge in [0.25, 0.3) is 5.56 Å². The standard InChI is InChI=1S/C12H19N3O4/c1-6-4-15(11(18)14-9(6)17)10-7(2)12(3,13)8(5-16)19-10/h4,7-8,10,16H,5,13H2,1-3H3,(H,14,17,18)/t7-,8-,10-,12+/m1/s1. The van der Waals surface area contributed by atoms with Crippen LogP contribution in [0.4, 0.5) is 0 Å². The molecular weight excluding hydrogens is 250 g/mol. The highest BCUT2D eigenvalue weighted by Crippen LogP contribution is 2.39. The van der Waals surface area contributed by atoms with E-state index in [0.29, 0.717) is 5.56 Å². The van der Waals surface area contributed by atoms with Crippen molar-refractivity contribution >= 4 is 0 Å². The van der Waals surface area contributed by atoms with Crippen LogP contribution in [-0.2, 0) is 4.74 Å². The molecule has 0 amide bonds. The van der Waals surface area contributed by atoms with E-state index in [9.17, 15) is 14.7 Å². The predicted molar refractivity (Wildman–Crippen MR) is 68.8 cm³/mol. The Morgan fingerprint density at radius 1 is 1.58 bits per heavy atom. The fourth-order valence-electron chi connectivity index (χ4n) is 2.35. The molecule has 0 radical (unpaired) electrons. The monoisotopic (exact) mass is 269 g/mol. The van der Waals surface area contributed by atoms with Gasteiger partial charge in [0.1, 0.15) is 12.3 Å². The Bertz CT molecular complexity index is 589. The minimum atomic E-state index is -0.747. The quantitative estimate of drug-likeness (QED) is 0.643. The smallest absolute Gasteiger partial charge is 0.330 e. The second-order valence-corrected chi connectivity index (χ2v) is 5.33. The van der Waals surface area contributed by atoms with E-state index in [-0.39, 0.29) is 12.5 Å². The van der Waals surface area contributed by atoms with Gasteiger partial charge in [-0.3, -0.25) is 14.3 Å². The van der Waals surface area contributed by atoms with Crippen LogP contribution in [0.15, 0.2) is 15.8 Å². The zero-order chi connectivity index (χ0) is 14.4. The van der Waals surface area contributed by atoms with Gasteiger partial charge in [0.05, 0.1) is 6.61 Å². The van der Waals surface area contributed by atoms with Crippen LogP contribution in [0, 0.1) is 12.8 Å². The SMILES string of the molecule is Cc1cn([C@@H]2O[C@H](CO)[C@@](C)(N)[C@@H]2C)c(=O)[nH]c1=O. The van der Waals surface area contributed by atoms with E-state index in [4.69, 9.17) is 10.5 Å². The molecule has 19 heavy (non-hydrogen) atoms. The number of hydrogen-bond donors (Lipinski definition) is 3. The van der Waals surface area contributed by atoms with Crippen LogP contribution in [0.3, 0.4) is 0 Å². The summed E-state index contributed by atoms with van der Waals surface area (Å²) in [5.74, 6) is -0.187. The molecule has 0 aliphatic carbocycles. The highest BCUT2D eigenvalue weighted by Gasteiger charge is 2.49. The van der Waals surface area contributed by atoms with Gasteiger partial charge in [-0.25, -0.2) is 4.79 Å². The third-order valence-corrected chi connectivity index (χ3v) is 3.99. The van der Waals surface area contributed by atoms with Crippen molar-refractivity contribution in [3.63, 3.8) is 0 Å². The summed E-state index contributed by atoms with van der Waals surface area (Å²) in [6.45, 7) is 5.03. The van der Waals surface area contributed by atoms with Crippen molar-refractivity contribution in [2.45, 2.75) is 38.6 Å². The van der Waals surface area contributed by atoms with Gasteiger partial charge in [0.2, 0.25) is 0 Å². The predicted octanol–water partition coefficient (Wildman–Crippen LogP) is -0.912. The van der Waals surface area contributed by atoms with Crippen LogP contribution in [0.5, 0.6) is 0 Å². The van der Waals surface area contributed by atoms with Gasteiger partial charge in [-0.05, 0) is 13.8 Å². The van der Waals surface area contributed by atoms with Crippen molar-refractivity contribution < 1.29 is 9.84 Å². The highest BCUT2D eigenvalue weighted by atomic mass is 16.5. The Kier molecular flexibility index (Phi) is 3.38. The first-order valence-corrected chi connectivity index (χ1v) is 6.16. The number of aryl methyl sites for hydroxylation is 1. The van der Waals surface area contributed by atoms with Crippen molar-refractivity contribution in [3.8, 4) is 0 Å². The number of nitrogens with zero attached hydrogens (tertiary/aromatic N) is 1. The lowest BCUT2D eigenvalue weighted by atomic mass is 9.85. The molecular formula is C12H19N3O4.